The largest absolute Gasteiger partial charge is 0.497 e. The number of hydrogen-bond acceptors (Lipinski definition) is 4. The highest BCUT2D eigenvalue weighted by Gasteiger charge is 2.29. The number of ether oxygens (including phenoxy) is 1. The van der Waals surface area contributed by atoms with E-state index in [1.165, 1.54) is 16.6 Å². The second-order valence-corrected chi connectivity index (χ2v) is 6.18. The van der Waals surface area contributed by atoms with Crippen LogP contribution in [0, 0.1) is 22.7 Å². The average Bonchev–Trinajstić information content (AvgIpc) is 2.93. The summed E-state index contributed by atoms with van der Waals surface area (Å²) in [4.78, 5) is 2.37. The molecular formula is C19H22N4O. The molecule has 0 spiro atoms. The summed E-state index contributed by atoms with van der Waals surface area (Å²) in [6.45, 7) is 4.65. The third-order valence-corrected chi connectivity index (χ3v) is 4.97. The van der Waals surface area contributed by atoms with Crippen LogP contribution >= 0.6 is 0 Å². The Balaban J connectivity index is 2.12. The highest BCUT2D eigenvalue weighted by molar-refractivity contribution is 5.87. The van der Waals surface area contributed by atoms with E-state index in [0.29, 0.717) is 19.4 Å². The van der Waals surface area contributed by atoms with Gasteiger partial charge in [0.05, 0.1) is 31.2 Å². The molecule has 5 nitrogen and oxygen atoms in total. The van der Waals surface area contributed by atoms with Gasteiger partial charge in [-0.1, -0.05) is 0 Å². The van der Waals surface area contributed by atoms with Crippen LogP contribution in [0.25, 0.3) is 10.9 Å². The predicted octanol–water partition coefficient (Wildman–Crippen LogP) is 3.40. The van der Waals surface area contributed by atoms with Crippen molar-refractivity contribution in [1.82, 2.24) is 9.47 Å². The Morgan fingerprint density at radius 3 is 2.67 bits per heavy atom. The van der Waals surface area contributed by atoms with E-state index in [2.05, 4.69) is 40.7 Å². The molecule has 0 fully saturated rings. The van der Waals surface area contributed by atoms with Crippen LogP contribution in [-0.4, -0.2) is 29.7 Å². The summed E-state index contributed by atoms with van der Waals surface area (Å²) in [5.74, 6) is 0.838. The Kier molecular flexibility index (Phi) is 4.74. The lowest BCUT2D eigenvalue weighted by molar-refractivity contribution is 0.195. The summed E-state index contributed by atoms with van der Waals surface area (Å²) in [7, 11) is 1.68. The number of aryl methyl sites for hydroxylation is 1. The van der Waals surface area contributed by atoms with Gasteiger partial charge in [-0.2, -0.15) is 10.5 Å². The number of benzene rings is 1. The van der Waals surface area contributed by atoms with Gasteiger partial charge in [-0.05, 0) is 31.0 Å². The van der Waals surface area contributed by atoms with E-state index in [0.717, 1.165) is 30.8 Å². The van der Waals surface area contributed by atoms with Crippen molar-refractivity contribution in [2.75, 3.05) is 20.2 Å². The zero-order valence-electron chi connectivity index (χ0n) is 14.2. The van der Waals surface area contributed by atoms with Crippen LogP contribution in [0.5, 0.6) is 5.75 Å². The summed E-state index contributed by atoms with van der Waals surface area (Å²) in [6, 6.07) is 11.0. The van der Waals surface area contributed by atoms with E-state index in [1.54, 1.807) is 7.11 Å². The number of fused-ring (bicyclic) bond motifs is 3. The Hall–Kier alpha value is -2.50. The molecule has 0 saturated heterocycles. The molecule has 0 aliphatic carbocycles. The molecule has 1 atom stereocenters. The lowest BCUT2D eigenvalue weighted by atomic mass is 9.98. The van der Waals surface area contributed by atoms with Gasteiger partial charge in [0.25, 0.3) is 0 Å². The van der Waals surface area contributed by atoms with Crippen LogP contribution in [0.15, 0.2) is 18.2 Å². The van der Waals surface area contributed by atoms with E-state index in [1.807, 2.05) is 6.07 Å². The minimum absolute atomic E-state index is 0.249. The Morgan fingerprint density at radius 2 is 1.96 bits per heavy atom. The van der Waals surface area contributed by atoms with Gasteiger partial charge in [0, 0.05) is 49.2 Å². The molecule has 0 bridgehead atoms. The van der Waals surface area contributed by atoms with Crippen LogP contribution in [0.1, 0.15) is 37.1 Å². The summed E-state index contributed by atoms with van der Waals surface area (Å²) < 4.78 is 7.67. The minimum Gasteiger partial charge on any atom is -0.497 e. The van der Waals surface area contributed by atoms with Crippen LogP contribution < -0.4 is 4.74 Å². The van der Waals surface area contributed by atoms with Gasteiger partial charge in [0.1, 0.15) is 5.75 Å². The minimum atomic E-state index is 0.249. The average molecular weight is 322 g/mol. The SMILES string of the molecule is COc1ccc2c3c(n(CCC#N)c2c1)C(C)N(CCC#N)CC3. The topological polar surface area (TPSA) is 65.0 Å². The van der Waals surface area contributed by atoms with Gasteiger partial charge in [0.2, 0.25) is 0 Å². The molecule has 1 aromatic carbocycles. The molecule has 3 rings (SSSR count). The molecule has 0 radical (unpaired) electrons. The molecule has 5 heteroatoms. The van der Waals surface area contributed by atoms with Crippen LogP contribution in [0.4, 0.5) is 0 Å². The van der Waals surface area contributed by atoms with Gasteiger partial charge in [-0.25, -0.2) is 0 Å². The third-order valence-electron chi connectivity index (χ3n) is 4.97. The fourth-order valence-electron chi connectivity index (χ4n) is 3.81. The number of nitrogens with zero attached hydrogens (tertiary/aromatic N) is 4. The Bertz CT molecular complexity index is 824. The van der Waals surface area contributed by atoms with Crippen molar-refractivity contribution < 1.29 is 4.74 Å². The van der Waals surface area contributed by atoms with Gasteiger partial charge in [0.15, 0.2) is 0 Å². The molecule has 0 N–H and O–H groups in total. The highest BCUT2D eigenvalue weighted by Crippen LogP contribution is 2.38. The van der Waals surface area contributed by atoms with Crippen molar-refractivity contribution >= 4 is 10.9 Å². The smallest absolute Gasteiger partial charge is 0.120 e. The molecule has 1 aliphatic rings. The number of methoxy groups -OCH3 is 1. The molecule has 124 valence electrons. The molecule has 2 aromatic rings. The number of rotatable bonds is 5. The van der Waals surface area contributed by atoms with E-state index in [4.69, 9.17) is 15.3 Å². The monoisotopic (exact) mass is 322 g/mol. The fraction of sp³-hybridized carbons (Fsp3) is 0.474. The van der Waals surface area contributed by atoms with Crippen molar-refractivity contribution in [2.45, 2.75) is 38.8 Å². The third kappa shape index (κ3) is 2.72. The van der Waals surface area contributed by atoms with Gasteiger partial charge in [-0.3, -0.25) is 4.90 Å². The maximum absolute atomic E-state index is 9.04. The molecular weight excluding hydrogens is 300 g/mol. The first kappa shape index (κ1) is 16.4. The summed E-state index contributed by atoms with van der Waals surface area (Å²) in [6.07, 6.45) is 2.01. The molecule has 24 heavy (non-hydrogen) atoms. The predicted molar refractivity (Wildman–Crippen MR) is 92.6 cm³/mol. The molecule has 0 amide bonds. The normalized spacial score (nSPS) is 17.2. The maximum atomic E-state index is 9.04. The maximum Gasteiger partial charge on any atom is 0.120 e. The second-order valence-electron chi connectivity index (χ2n) is 6.18. The molecule has 1 unspecified atom stereocenters. The lowest BCUT2D eigenvalue weighted by Gasteiger charge is -2.34. The first-order valence-electron chi connectivity index (χ1n) is 8.38. The molecule has 1 aliphatic heterocycles. The van der Waals surface area contributed by atoms with Gasteiger partial charge >= 0.3 is 0 Å². The first-order valence-corrected chi connectivity index (χ1v) is 8.38. The molecule has 2 heterocycles. The molecule has 1 aromatic heterocycles. The zero-order valence-corrected chi connectivity index (χ0v) is 14.2. The number of hydrogen-bond donors (Lipinski definition) is 0. The quantitative estimate of drug-likeness (QED) is 0.846. The van der Waals surface area contributed by atoms with Crippen molar-refractivity contribution in [3.8, 4) is 17.9 Å². The Morgan fingerprint density at radius 1 is 1.21 bits per heavy atom. The van der Waals surface area contributed by atoms with E-state index in [-0.39, 0.29) is 6.04 Å². The second kappa shape index (κ2) is 6.95. The standard InChI is InChI=1S/C19H22N4O/c1-14-19-17(7-12-22(14)10-3-8-20)16-6-5-15(24-2)13-18(16)23(19)11-4-9-21/h5-6,13-14H,3-4,7,10-12H2,1-2H3. The summed E-state index contributed by atoms with van der Waals surface area (Å²) >= 11 is 0. The summed E-state index contributed by atoms with van der Waals surface area (Å²) in [5, 5.41) is 19.2. The van der Waals surface area contributed by atoms with Crippen molar-refractivity contribution in [2.24, 2.45) is 0 Å². The molecule has 0 saturated carbocycles. The van der Waals surface area contributed by atoms with Crippen molar-refractivity contribution in [3.05, 3.63) is 29.5 Å². The number of aromatic nitrogens is 1. The van der Waals surface area contributed by atoms with Gasteiger partial charge < -0.3 is 9.30 Å². The first-order chi connectivity index (χ1) is 11.7. The van der Waals surface area contributed by atoms with Crippen molar-refractivity contribution in [1.29, 1.82) is 10.5 Å². The highest BCUT2D eigenvalue weighted by atomic mass is 16.5. The van der Waals surface area contributed by atoms with E-state index >= 15 is 0 Å². The lowest BCUT2D eigenvalue weighted by Crippen LogP contribution is -2.35. The van der Waals surface area contributed by atoms with Crippen LogP contribution in [-0.2, 0) is 13.0 Å². The fourth-order valence-corrected chi connectivity index (χ4v) is 3.81. The van der Waals surface area contributed by atoms with Crippen LogP contribution in [0.2, 0.25) is 0 Å². The Labute approximate surface area is 142 Å². The summed E-state index contributed by atoms with van der Waals surface area (Å²) in [5.41, 5.74) is 3.81. The zero-order chi connectivity index (χ0) is 17.1. The van der Waals surface area contributed by atoms with E-state index in [9.17, 15) is 0 Å². The van der Waals surface area contributed by atoms with Crippen LogP contribution in [0.3, 0.4) is 0 Å². The van der Waals surface area contributed by atoms with Gasteiger partial charge in [-0.15, -0.1) is 0 Å². The number of nitriles is 2. The van der Waals surface area contributed by atoms with Crippen molar-refractivity contribution in [3.63, 3.8) is 0 Å². The van der Waals surface area contributed by atoms with E-state index < -0.39 is 0 Å².